The Labute approximate surface area is 122 Å². The lowest BCUT2D eigenvalue weighted by Gasteiger charge is -2.01. The van der Waals surface area contributed by atoms with Gasteiger partial charge in [-0.1, -0.05) is 11.3 Å². The zero-order valence-electron chi connectivity index (χ0n) is 10.7. The second-order valence-electron chi connectivity index (χ2n) is 4.73. The lowest BCUT2D eigenvalue weighted by atomic mass is 10.1. The average Bonchev–Trinajstić information content (AvgIpc) is 3.12. The van der Waals surface area contributed by atoms with Crippen LogP contribution in [0.2, 0.25) is 0 Å². The van der Waals surface area contributed by atoms with Crippen molar-refractivity contribution < 1.29 is 4.74 Å². The van der Waals surface area contributed by atoms with Gasteiger partial charge in [0.05, 0.1) is 17.9 Å². The van der Waals surface area contributed by atoms with Crippen molar-refractivity contribution in [2.75, 3.05) is 18.9 Å². The molecule has 1 fully saturated rings. The van der Waals surface area contributed by atoms with Crippen molar-refractivity contribution in [1.29, 1.82) is 0 Å². The van der Waals surface area contributed by atoms with E-state index >= 15 is 0 Å². The van der Waals surface area contributed by atoms with Gasteiger partial charge in [0.1, 0.15) is 5.00 Å². The number of ether oxygens (including phenoxy) is 1. The van der Waals surface area contributed by atoms with Crippen molar-refractivity contribution in [2.24, 2.45) is 0 Å². The molecule has 3 aromatic rings. The maximum absolute atomic E-state index is 5.98. The number of aromatic nitrogens is 5. The Bertz CT molecular complexity index is 750. The number of aryl methyl sites for hydroxylation is 1. The molecule has 9 heteroatoms. The van der Waals surface area contributed by atoms with Crippen molar-refractivity contribution in [3.63, 3.8) is 0 Å². The molecule has 0 amide bonds. The van der Waals surface area contributed by atoms with Crippen molar-refractivity contribution in [3.8, 4) is 10.6 Å². The molecule has 2 N–H and O–H groups in total. The van der Waals surface area contributed by atoms with E-state index in [0.717, 1.165) is 40.1 Å². The summed E-state index contributed by atoms with van der Waals surface area (Å²) in [5, 5.41) is 14.6. The summed E-state index contributed by atoms with van der Waals surface area (Å²) in [4.78, 5) is 0.784. The van der Waals surface area contributed by atoms with Gasteiger partial charge in [-0.25, -0.2) is 0 Å². The highest BCUT2D eigenvalue weighted by molar-refractivity contribution is 7.20. The molecule has 0 saturated carbocycles. The average molecular weight is 308 g/mol. The monoisotopic (exact) mass is 308 g/mol. The van der Waals surface area contributed by atoms with Crippen LogP contribution in [0.15, 0.2) is 0 Å². The first-order valence-corrected chi connectivity index (χ1v) is 7.85. The van der Waals surface area contributed by atoms with Crippen LogP contribution >= 0.6 is 22.9 Å². The van der Waals surface area contributed by atoms with Gasteiger partial charge in [0.2, 0.25) is 4.96 Å². The number of hydrogen-bond acceptors (Lipinski definition) is 8. The highest BCUT2D eigenvalue weighted by Crippen LogP contribution is 2.35. The second kappa shape index (κ2) is 4.47. The lowest BCUT2D eigenvalue weighted by Crippen LogP contribution is -2.04. The molecule has 1 unspecified atom stereocenters. The van der Waals surface area contributed by atoms with E-state index in [2.05, 4.69) is 19.7 Å². The number of rotatable bonds is 2. The molecule has 0 bridgehead atoms. The topological polar surface area (TPSA) is 91.2 Å². The Kier molecular flexibility index (Phi) is 2.72. The Morgan fingerprint density at radius 1 is 1.40 bits per heavy atom. The highest BCUT2D eigenvalue weighted by atomic mass is 32.1. The summed E-state index contributed by atoms with van der Waals surface area (Å²) in [6.07, 6.45) is 0.967. The molecular formula is C11H12N6OS2. The molecule has 4 heterocycles. The summed E-state index contributed by atoms with van der Waals surface area (Å²) in [5.41, 5.74) is 7.80. The molecule has 1 atom stereocenters. The van der Waals surface area contributed by atoms with Gasteiger partial charge in [0.25, 0.3) is 0 Å². The minimum atomic E-state index is 0.277. The Morgan fingerprint density at radius 3 is 3.00 bits per heavy atom. The third-order valence-corrected chi connectivity index (χ3v) is 5.10. The molecule has 20 heavy (non-hydrogen) atoms. The summed E-state index contributed by atoms with van der Waals surface area (Å²) < 4.78 is 11.5. The van der Waals surface area contributed by atoms with Gasteiger partial charge >= 0.3 is 0 Å². The maximum Gasteiger partial charge on any atom is 0.234 e. The molecule has 104 valence electrons. The summed E-state index contributed by atoms with van der Waals surface area (Å²) in [6.45, 7) is 3.40. The van der Waals surface area contributed by atoms with Crippen molar-refractivity contribution in [2.45, 2.75) is 19.3 Å². The van der Waals surface area contributed by atoms with Crippen LogP contribution in [0, 0.1) is 6.92 Å². The normalized spacial score (nSPS) is 19.1. The molecule has 0 radical (unpaired) electrons. The van der Waals surface area contributed by atoms with E-state index in [1.807, 2.05) is 11.4 Å². The Hall–Kier alpha value is -1.58. The fraction of sp³-hybridized carbons (Fsp3) is 0.455. The van der Waals surface area contributed by atoms with Gasteiger partial charge in [-0.15, -0.1) is 10.2 Å². The zero-order chi connectivity index (χ0) is 13.7. The number of anilines is 1. The summed E-state index contributed by atoms with van der Waals surface area (Å²) in [5.74, 6) is 1.15. The third kappa shape index (κ3) is 1.74. The number of fused-ring (bicyclic) bond motifs is 1. The fourth-order valence-corrected chi connectivity index (χ4v) is 4.06. The van der Waals surface area contributed by atoms with Crippen LogP contribution < -0.4 is 5.73 Å². The standard InChI is InChI=1S/C11H12N6OS2/c1-5-7(8(12)20-16-5)10-15-17-9(6-2-3-18-4-6)13-14-11(17)19-10/h6H,2-4,12H2,1H3. The second-order valence-corrected chi connectivity index (χ2v) is 6.49. The minimum absolute atomic E-state index is 0.277. The number of nitrogen functional groups attached to an aromatic ring is 1. The molecule has 1 aliphatic heterocycles. The SMILES string of the molecule is Cc1nsc(N)c1-c1nn2c(C3CCOC3)nnc2s1. The van der Waals surface area contributed by atoms with E-state index < -0.39 is 0 Å². The first kappa shape index (κ1) is 12.2. The first-order valence-electron chi connectivity index (χ1n) is 6.26. The smallest absolute Gasteiger partial charge is 0.234 e. The van der Waals surface area contributed by atoms with E-state index in [1.54, 1.807) is 0 Å². The molecule has 1 saturated heterocycles. The van der Waals surface area contributed by atoms with Gasteiger partial charge in [0.15, 0.2) is 10.8 Å². The van der Waals surface area contributed by atoms with Crippen LogP contribution in [0.5, 0.6) is 0 Å². The van der Waals surface area contributed by atoms with Crippen LogP contribution in [-0.4, -0.2) is 37.4 Å². The quantitative estimate of drug-likeness (QED) is 0.775. The number of nitrogens with zero attached hydrogens (tertiary/aromatic N) is 5. The predicted molar refractivity (Wildman–Crippen MR) is 77.1 cm³/mol. The summed E-state index contributed by atoms with van der Waals surface area (Å²) >= 11 is 2.78. The van der Waals surface area contributed by atoms with Crippen LogP contribution in [0.1, 0.15) is 23.9 Å². The van der Waals surface area contributed by atoms with Gasteiger partial charge < -0.3 is 10.5 Å². The van der Waals surface area contributed by atoms with E-state index in [-0.39, 0.29) is 5.92 Å². The zero-order valence-corrected chi connectivity index (χ0v) is 12.4. The molecule has 1 aliphatic rings. The predicted octanol–water partition coefficient (Wildman–Crippen LogP) is 1.70. The number of nitrogens with two attached hydrogens (primary N) is 1. The molecule has 0 spiro atoms. The minimum Gasteiger partial charge on any atom is -0.389 e. The third-order valence-electron chi connectivity index (χ3n) is 3.41. The van der Waals surface area contributed by atoms with E-state index in [9.17, 15) is 0 Å². The van der Waals surface area contributed by atoms with Crippen molar-refractivity contribution in [3.05, 3.63) is 11.5 Å². The van der Waals surface area contributed by atoms with E-state index in [4.69, 9.17) is 10.5 Å². The number of hydrogen-bond donors (Lipinski definition) is 1. The first-order chi connectivity index (χ1) is 9.74. The fourth-order valence-electron chi connectivity index (χ4n) is 2.37. The summed E-state index contributed by atoms with van der Waals surface area (Å²) in [6, 6.07) is 0. The van der Waals surface area contributed by atoms with Crippen molar-refractivity contribution in [1.82, 2.24) is 24.2 Å². The molecule has 3 aromatic heterocycles. The molecule has 0 aliphatic carbocycles. The van der Waals surface area contributed by atoms with Crippen LogP contribution in [0.3, 0.4) is 0 Å². The highest BCUT2D eigenvalue weighted by Gasteiger charge is 2.25. The van der Waals surface area contributed by atoms with E-state index in [0.29, 0.717) is 11.6 Å². The summed E-state index contributed by atoms with van der Waals surface area (Å²) in [7, 11) is 0. The van der Waals surface area contributed by atoms with Gasteiger partial charge in [0, 0.05) is 12.5 Å². The molecule has 4 rings (SSSR count). The molecule has 0 aromatic carbocycles. The van der Waals surface area contributed by atoms with Crippen LogP contribution in [0.25, 0.3) is 15.5 Å². The maximum atomic E-state index is 5.98. The van der Waals surface area contributed by atoms with Crippen LogP contribution in [-0.2, 0) is 4.74 Å². The van der Waals surface area contributed by atoms with Gasteiger partial charge in [-0.2, -0.15) is 14.0 Å². The molecular weight excluding hydrogens is 296 g/mol. The van der Waals surface area contributed by atoms with Crippen molar-refractivity contribution >= 4 is 32.8 Å². The largest absolute Gasteiger partial charge is 0.389 e. The molecule has 7 nitrogen and oxygen atoms in total. The van der Waals surface area contributed by atoms with E-state index in [1.165, 1.54) is 22.9 Å². The van der Waals surface area contributed by atoms with Crippen LogP contribution in [0.4, 0.5) is 5.00 Å². The Balaban J connectivity index is 1.83. The van der Waals surface area contributed by atoms with Gasteiger partial charge in [-0.05, 0) is 24.9 Å². The Morgan fingerprint density at radius 2 is 2.30 bits per heavy atom. The van der Waals surface area contributed by atoms with Gasteiger partial charge in [-0.3, -0.25) is 0 Å². The lowest BCUT2D eigenvalue weighted by molar-refractivity contribution is 0.193.